The molecule has 0 atom stereocenters. The molecule has 0 saturated heterocycles. The van der Waals surface area contributed by atoms with E-state index in [9.17, 15) is 4.79 Å². The summed E-state index contributed by atoms with van der Waals surface area (Å²) in [6, 6.07) is 15.7. The highest BCUT2D eigenvalue weighted by atomic mass is 16.6. The first-order valence-electron chi connectivity index (χ1n) is 10.5. The van der Waals surface area contributed by atoms with Gasteiger partial charge in [-0.25, -0.2) is 14.8 Å². The maximum Gasteiger partial charge on any atom is 0.344 e. The second kappa shape index (κ2) is 9.14. The Balaban J connectivity index is 1.86. The van der Waals surface area contributed by atoms with Gasteiger partial charge in [-0.3, -0.25) is 4.57 Å². The number of nitrogens with two attached hydrogens (primary N) is 1. The molecule has 0 bridgehead atoms. The Hall–Kier alpha value is -3.45. The molecule has 0 radical (unpaired) electrons. The zero-order valence-electron chi connectivity index (χ0n) is 17.8. The van der Waals surface area contributed by atoms with Crippen LogP contribution in [-0.2, 0) is 15.9 Å². The van der Waals surface area contributed by atoms with E-state index >= 15 is 0 Å². The number of hydrogen-bond acceptors (Lipinski definition) is 6. The number of ether oxygens (including phenoxy) is 2. The molecule has 0 unspecified atom stereocenters. The number of nitrogen functional groups attached to an aromatic ring is 1. The van der Waals surface area contributed by atoms with Crippen LogP contribution in [0.2, 0.25) is 0 Å². The number of methoxy groups -OCH3 is 1. The monoisotopic (exact) mass is 418 g/mol. The van der Waals surface area contributed by atoms with Gasteiger partial charge in [0.15, 0.2) is 5.65 Å². The number of nitrogens with zero attached hydrogens (tertiary/aromatic N) is 3. The number of aromatic nitrogens is 3. The van der Waals surface area contributed by atoms with E-state index in [1.165, 1.54) is 5.56 Å². The topological polar surface area (TPSA) is 92.3 Å². The van der Waals surface area contributed by atoms with Crippen LogP contribution in [0.25, 0.3) is 27.9 Å². The molecule has 2 heterocycles. The molecule has 2 aromatic carbocycles. The molecule has 2 aromatic heterocycles. The standard InChI is InChI=1S/C24H26N4O3/c1-3-4-7-16-10-12-17(13-11-16)28-22(25)20(24(29)31-15-14-30-2)21-23(28)27-19-9-6-5-8-18(19)26-21/h5-6,8-13H,3-4,7,14-15,25H2,1-2H3. The number of carbonyl (C=O) groups excluding carboxylic acids is 1. The second-order valence-corrected chi connectivity index (χ2v) is 7.38. The van der Waals surface area contributed by atoms with E-state index in [1.807, 2.05) is 36.4 Å². The Labute approximate surface area is 180 Å². The van der Waals surface area contributed by atoms with Crippen LogP contribution in [0.4, 0.5) is 5.82 Å². The molecule has 0 fully saturated rings. The van der Waals surface area contributed by atoms with Crippen LogP contribution >= 0.6 is 0 Å². The number of unbranched alkanes of at least 4 members (excludes halogenated alkanes) is 1. The van der Waals surface area contributed by atoms with Gasteiger partial charge < -0.3 is 15.2 Å². The number of hydrogen-bond donors (Lipinski definition) is 1. The molecule has 0 spiro atoms. The fourth-order valence-electron chi connectivity index (χ4n) is 3.61. The van der Waals surface area contributed by atoms with E-state index in [2.05, 4.69) is 19.1 Å². The Morgan fingerprint density at radius 2 is 1.74 bits per heavy atom. The lowest BCUT2D eigenvalue weighted by Gasteiger charge is -2.09. The van der Waals surface area contributed by atoms with Crippen molar-refractivity contribution >= 4 is 34.0 Å². The first-order chi connectivity index (χ1) is 15.1. The molecule has 4 rings (SSSR count). The van der Waals surface area contributed by atoms with E-state index in [0.717, 1.165) is 30.5 Å². The average molecular weight is 418 g/mol. The fraction of sp³-hybridized carbons (Fsp3) is 0.292. The van der Waals surface area contributed by atoms with E-state index in [1.54, 1.807) is 11.7 Å². The molecule has 0 aliphatic heterocycles. The Morgan fingerprint density at radius 3 is 2.42 bits per heavy atom. The SMILES string of the molecule is CCCCc1ccc(-n2c(N)c(C(=O)OCCOC)c3nc4ccccc4nc32)cc1. The Morgan fingerprint density at radius 1 is 1.03 bits per heavy atom. The highest BCUT2D eigenvalue weighted by Crippen LogP contribution is 2.31. The highest BCUT2D eigenvalue weighted by Gasteiger charge is 2.25. The number of carbonyl (C=O) groups is 1. The van der Waals surface area contributed by atoms with Gasteiger partial charge in [0.1, 0.15) is 23.5 Å². The summed E-state index contributed by atoms with van der Waals surface area (Å²) in [6.45, 7) is 2.62. The van der Waals surface area contributed by atoms with Crippen molar-refractivity contribution < 1.29 is 14.3 Å². The first kappa shape index (κ1) is 20.8. The van der Waals surface area contributed by atoms with Crippen molar-refractivity contribution in [1.82, 2.24) is 14.5 Å². The van der Waals surface area contributed by atoms with Gasteiger partial charge in [-0.2, -0.15) is 0 Å². The highest BCUT2D eigenvalue weighted by molar-refractivity contribution is 6.09. The molecule has 2 N–H and O–H groups in total. The number of benzene rings is 2. The third-order valence-electron chi connectivity index (χ3n) is 5.24. The van der Waals surface area contributed by atoms with Gasteiger partial charge in [-0.15, -0.1) is 0 Å². The van der Waals surface area contributed by atoms with E-state index in [4.69, 9.17) is 25.2 Å². The summed E-state index contributed by atoms with van der Waals surface area (Å²) in [5.41, 5.74) is 11.2. The van der Waals surface area contributed by atoms with E-state index < -0.39 is 5.97 Å². The molecular weight excluding hydrogens is 392 g/mol. The predicted octanol–water partition coefficient (Wildman–Crippen LogP) is 4.30. The van der Waals surface area contributed by atoms with Crippen LogP contribution in [0.3, 0.4) is 0 Å². The van der Waals surface area contributed by atoms with Gasteiger partial charge in [0.25, 0.3) is 0 Å². The van der Waals surface area contributed by atoms with Crippen molar-refractivity contribution in [2.45, 2.75) is 26.2 Å². The number of anilines is 1. The van der Waals surface area contributed by atoms with Gasteiger partial charge in [-0.1, -0.05) is 37.6 Å². The lowest BCUT2D eigenvalue weighted by Crippen LogP contribution is -2.12. The van der Waals surface area contributed by atoms with Crippen LogP contribution in [-0.4, -0.2) is 40.8 Å². The summed E-state index contributed by atoms with van der Waals surface area (Å²) in [4.78, 5) is 22.3. The molecule has 7 heteroatoms. The lowest BCUT2D eigenvalue weighted by molar-refractivity contribution is 0.0391. The number of fused-ring (bicyclic) bond motifs is 2. The van der Waals surface area contributed by atoms with Crippen molar-refractivity contribution in [3.05, 3.63) is 59.7 Å². The van der Waals surface area contributed by atoms with Crippen molar-refractivity contribution in [3.8, 4) is 5.69 Å². The molecule has 0 aliphatic carbocycles. The Kier molecular flexibility index (Phi) is 6.13. The lowest BCUT2D eigenvalue weighted by atomic mass is 10.1. The van der Waals surface area contributed by atoms with Crippen LogP contribution in [0, 0.1) is 0 Å². The Bertz CT molecular complexity index is 1220. The largest absolute Gasteiger partial charge is 0.459 e. The summed E-state index contributed by atoms with van der Waals surface area (Å²) >= 11 is 0. The fourth-order valence-corrected chi connectivity index (χ4v) is 3.61. The number of rotatable bonds is 8. The molecule has 7 nitrogen and oxygen atoms in total. The van der Waals surface area contributed by atoms with Gasteiger partial charge in [-0.05, 0) is 42.7 Å². The molecule has 160 valence electrons. The smallest absolute Gasteiger partial charge is 0.344 e. The molecule has 4 aromatic rings. The van der Waals surface area contributed by atoms with Crippen molar-refractivity contribution in [1.29, 1.82) is 0 Å². The third kappa shape index (κ3) is 4.09. The van der Waals surface area contributed by atoms with Crippen LogP contribution < -0.4 is 5.73 Å². The number of aryl methyl sites for hydroxylation is 1. The average Bonchev–Trinajstić information content (AvgIpc) is 3.07. The van der Waals surface area contributed by atoms with Gasteiger partial charge in [0.2, 0.25) is 0 Å². The van der Waals surface area contributed by atoms with Crippen molar-refractivity contribution in [3.63, 3.8) is 0 Å². The minimum absolute atomic E-state index is 0.134. The van der Waals surface area contributed by atoms with Gasteiger partial charge in [0.05, 0.1) is 17.6 Å². The minimum atomic E-state index is -0.539. The maximum absolute atomic E-state index is 12.9. The normalized spacial score (nSPS) is 11.3. The second-order valence-electron chi connectivity index (χ2n) is 7.38. The van der Waals surface area contributed by atoms with Gasteiger partial charge >= 0.3 is 5.97 Å². The van der Waals surface area contributed by atoms with Crippen LogP contribution in [0.15, 0.2) is 48.5 Å². The third-order valence-corrected chi connectivity index (χ3v) is 5.24. The van der Waals surface area contributed by atoms with Crippen molar-refractivity contribution in [2.24, 2.45) is 0 Å². The molecule has 0 aliphatic rings. The summed E-state index contributed by atoms with van der Waals surface area (Å²) in [6.07, 6.45) is 3.32. The van der Waals surface area contributed by atoms with Crippen LogP contribution in [0.5, 0.6) is 0 Å². The van der Waals surface area contributed by atoms with Crippen LogP contribution in [0.1, 0.15) is 35.7 Å². The maximum atomic E-state index is 12.9. The summed E-state index contributed by atoms with van der Waals surface area (Å²) in [5.74, 6) is -0.281. The van der Waals surface area contributed by atoms with E-state index in [0.29, 0.717) is 23.3 Å². The zero-order chi connectivity index (χ0) is 21.8. The number of esters is 1. The first-order valence-corrected chi connectivity index (χ1v) is 10.5. The molecular formula is C24H26N4O3. The van der Waals surface area contributed by atoms with E-state index in [-0.39, 0.29) is 18.0 Å². The van der Waals surface area contributed by atoms with Crippen molar-refractivity contribution in [2.75, 3.05) is 26.1 Å². The summed E-state index contributed by atoms with van der Waals surface area (Å²) < 4.78 is 12.1. The quantitative estimate of drug-likeness (QED) is 0.339. The molecule has 0 amide bonds. The number of para-hydroxylation sites is 2. The summed E-state index contributed by atoms with van der Waals surface area (Å²) in [5, 5.41) is 0. The molecule has 31 heavy (non-hydrogen) atoms. The van der Waals surface area contributed by atoms with Gasteiger partial charge in [0, 0.05) is 12.8 Å². The predicted molar refractivity (Wildman–Crippen MR) is 122 cm³/mol. The minimum Gasteiger partial charge on any atom is -0.459 e. The summed E-state index contributed by atoms with van der Waals surface area (Å²) in [7, 11) is 1.55. The zero-order valence-corrected chi connectivity index (χ0v) is 17.8. The molecule has 0 saturated carbocycles.